The number of anilines is 1. The fourth-order valence-corrected chi connectivity index (χ4v) is 2.81. The number of para-hydroxylation sites is 1. The van der Waals surface area contributed by atoms with Gasteiger partial charge in [-0.15, -0.1) is 0 Å². The lowest BCUT2D eigenvalue weighted by atomic mass is 10.1. The molecule has 0 saturated carbocycles. The molecule has 0 spiro atoms. The van der Waals surface area contributed by atoms with E-state index in [1.807, 2.05) is 44.2 Å². The third-order valence-corrected chi connectivity index (χ3v) is 4.28. The lowest BCUT2D eigenvalue weighted by Crippen LogP contribution is -2.43. The molecule has 0 heterocycles. The maximum Gasteiger partial charge on any atom is 0.262 e. The highest BCUT2D eigenvalue weighted by Gasteiger charge is 2.06. The predicted molar refractivity (Wildman–Crippen MR) is 115 cm³/mol. The van der Waals surface area contributed by atoms with Crippen LogP contribution in [-0.2, 0) is 11.2 Å². The van der Waals surface area contributed by atoms with Gasteiger partial charge < -0.3 is 10.1 Å². The van der Waals surface area contributed by atoms with Gasteiger partial charge in [-0.2, -0.15) is 0 Å². The highest BCUT2D eigenvalue weighted by molar-refractivity contribution is 7.80. The Bertz CT molecular complexity index is 863. The van der Waals surface area contributed by atoms with Crippen LogP contribution in [0.25, 0.3) is 6.08 Å². The van der Waals surface area contributed by atoms with E-state index in [9.17, 15) is 4.79 Å². The van der Waals surface area contributed by atoms with Crippen LogP contribution in [0.2, 0.25) is 0 Å². The van der Waals surface area contributed by atoms with Gasteiger partial charge in [0.2, 0.25) is 0 Å². The fraction of sp³-hybridized carbons (Fsp3) is 0.238. The van der Waals surface area contributed by atoms with Gasteiger partial charge in [-0.25, -0.2) is 0 Å². The van der Waals surface area contributed by atoms with E-state index in [2.05, 4.69) is 29.2 Å². The van der Waals surface area contributed by atoms with Crippen molar-refractivity contribution in [3.05, 3.63) is 64.7 Å². The third kappa shape index (κ3) is 5.82. The molecule has 0 atom stereocenters. The molecule has 0 fully saturated rings. The number of aryl methyl sites for hydroxylation is 3. The lowest BCUT2D eigenvalue weighted by molar-refractivity contribution is -0.116. The average Bonchev–Trinajstić information content (AvgIpc) is 2.66. The Hall–Kier alpha value is -2.86. The molecular formula is C21H25N3O2S. The Kier molecular flexibility index (Phi) is 7.37. The van der Waals surface area contributed by atoms with E-state index >= 15 is 0 Å². The molecule has 0 aromatic heterocycles. The summed E-state index contributed by atoms with van der Waals surface area (Å²) in [7, 11) is 1.60. The highest BCUT2D eigenvalue weighted by Crippen LogP contribution is 2.21. The number of carbonyl (C=O) groups is 1. The first-order chi connectivity index (χ1) is 12.9. The molecule has 27 heavy (non-hydrogen) atoms. The van der Waals surface area contributed by atoms with Crippen LogP contribution in [-0.4, -0.2) is 18.1 Å². The second-order valence-corrected chi connectivity index (χ2v) is 6.52. The second-order valence-electron chi connectivity index (χ2n) is 6.11. The van der Waals surface area contributed by atoms with E-state index in [1.165, 1.54) is 6.08 Å². The van der Waals surface area contributed by atoms with Crippen molar-refractivity contribution in [2.24, 2.45) is 0 Å². The van der Waals surface area contributed by atoms with Gasteiger partial charge in [-0.3, -0.25) is 15.6 Å². The zero-order valence-electron chi connectivity index (χ0n) is 16.1. The van der Waals surface area contributed by atoms with E-state index in [0.29, 0.717) is 10.9 Å². The number of benzene rings is 2. The minimum atomic E-state index is -0.316. The molecule has 0 saturated heterocycles. The summed E-state index contributed by atoms with van der Waals surface area (Å²) < 4.78 is 5.30. The Labute approximate surface area is 165 Å². The van der Waals surface area contributed by atoms with Crippen molar-refractivity contribution in [2.45, 2.75) is 27.2 Å². The summed E-state index contributed by atoms with van der Waals surface area (Å²) in [5.74, 6) is 0.393. The summed E-state index contributed by atoms with van der Waals surface area (Å²) in [6.45, 7) is 6.09. The Morgan fingerprint density at radius 2 is 1.96 bits per heavy atom. The molecule has 2 aromatic carbocycles. The van der Waals surface area contributed by atoms with Crippen LogP contribution in [0.5, 0.6) is 5.75 Å². The maximum atomic E-state index is 12.1. The summed E-state index contributed by atoms with van der Waals surface area (Å²) in [5.41, 5.74) is 10.4. The number of ether oxygens (including phenoxy) is 1. The van der Waals surface area contributed by atoms with Crippen LogP contribution >= 0.6 is 12.2 Å². The van der Waals surface area contributed by atoms with Crippen molar-refractivity contribution in [1.82, 2.24) is 10.9 Å². The van der Waals surface area contributed by atoms with Gasteiger partial charge in [0.1, 0.15) is 5.75 Å². The van der Waals surface area contributed by atoms with Gasteiger partial charge in [0.25, 0.3) is 5.91 Å². The number of thiocarbonyl (C=S) groups is 1. The number of carbonyl (C=O) groups excluding carboxylic acids is 1. The van der Waals surface area contributed by atoms with E-state index in [1.54, 1.807) is 13.2 Å². The highest BCUT2D eigenvalue weighted by atomic mass is 32.1. The number of hydrogen-bond acceptors (Lipinski definition) is 3. The maximum absolute atomic E-state index is 12.1. The Morgan fingerprint density at radius 1 is 1.19 bits per heavy atom. The van der Waals surface area contributed by atoms with Gasteiger partial charge in [0.05, 0.1) is 7.11 Å². The SMILES string of the molecule is CCc1cccc(C)c1NC(=S)NNC(=O)/C=C/c1cc(C)ccc1OC. The van der Waals surface area contributed by atoms with Crippen LogP contribution in [0.3, 0.4) is 0 Å². The molecule has 0 bridgehead atoms. The zero-order valence-corrected chi connectivity index (χ0v) is 16.9. The van der Waals surface area contributed by atoms with E-state index in [0.717, 1.165) is 34.4 Å². The molecule has 6 heteroatoms. The average molecular weight is 384 g/mol. The Balaban J connectivity index is 1.94. The van der Waals surface area contributed by atoms with Crippen molar-refractivity contribution >= 4 is 35.0 Å². The minimum Gasteiger partial charge on any atom is -0.496 e. The summed E-state index contributed by atoms with van der Waals surface area (Å²) in [4.78, 5) is 12.1. The smallest absolute Gasteiger partial charge is 0.262 e. The molecule has 0 unspecified atom stereocenters. The van der Waals surface area contributed by atoms with Gasteiger partial charge in [0.15, 0.2) is 5.11 Å². The van der Waals surface area contributed by atoms with Gasteiger partial charge in [-0.1, -0.05) is 36.8 Å². The molecule has 0 radical (unpaired) electrons. The topological polar surface area (TPSA) is 62.4 Å². The third-order valence-electron chi connectivity index (χ3n) is 4.08. The largest absolute Gasteiger partial charge is 0.496 e. The lowest BCUT2D eigenvalue weighted by Gasteiger charge is -2.15. The Morgan fingerprint density at radius 3 is 2.67 bits per heavy atom. The van der Waals surface area contributed by atoms with Crippen LogP contribution in [0, 0.1) is 13.8 Å². The van der Waals surface area contributed by atoms with Crippen LogP contribution in [0.15, 0.2) is 42.5 Å². The molecule has 2 aromatic rings. The van der Waals surface area contributed by atoms with Crippen molar-refractivity contribution in [1.29, 1.82) is 0 Å². The number of hydrogen-bond donors (Lipinski definition) is 3. The predicted octanol–water partition coefficient (Wildman–Crippen LogP) is 3.91. The van der Waals surface area contributed by atoms with Crippen LogP contribution < -0.4 is 20.9 Å². The number of hydrazine groups is 1. The molecule has 0 aliphatic carbocycles. The van der Waals surface area contributed by atoms with Gasteiger partial charge >= 0.3 is 0 Å². The minimum absolute atomic E-state index is 0.316. The molecular weight excluding hydrogens is 358 g/mol. The first-order valence-electron chi connectivity index (χ1n) is 8.72. The van der Waals surface area contributed by atoms with Crippen LogP contribution in [0.4, 0.5) is 5.69 Å². The molecule has 0 aliphatic heterocycles. The van der Waals surface area contributed by atoms with Crippen LogP contribution in [0.1, 0.15) is 29.2 Å². The summed E-state index contributed by atoms with van der Waals surface area (Å²) in [6, 6.07) is 11.9. The van der Waals surface area contributed by atoms with Crippen molar-refractivity contribution in [3.63, 3.8) is 0 Å². The molecule has 5 nitrogen and oxygen atoms in total. The molecule has 1 amide bonds. The number of rotatable bonds is 5. The number of amides is 1. The summed E-state index contributed by atoms with van der Waals surface area (Å²) in [6.07, 6.45) is 4.02. The van der Waals surface area contributed by atoms with Crippen molar-refractivity contribution in [3.8, 4) is 5.75 Å². The quantitative estimate of drug-likeness (QED) is 0.415. The zero-order chi connectivity index (χ0) is 19.8. The fourth-order valence-electron chi connectivity index (χ4n) is 2.66. The number of methoxy groups -OCH3 is 1. The van der Waals surface area contributed by atoms with E-state index in [4.69, 9.17) is 17.0 Å². The molecule has 0 aliphatic rings. The second kappa shape index (κ2) is 9.73. The first kappa shape index (κ1) is 20.5. The first-order valence-corrected chi connectivity index (χ1v) is 9.13. The van der Waals surface area contributed by atoms with Crippen molar-refractivity contribution in [2.75, 3.05) is 12.4 Å². The molecule has 2 rings (SSSR count). The molecule has 3 N–H and O–H groups in total. The van der Waals surface area contributed by atoms with E-state index < -0.39 is 0 Å². The van der Waals surface area contributed by atoms with Gasteiger partial charge in [0, 0.05) is 17.3 Å². The normalized spacial score (nSPS) is 10.5. The summed E-state index contributed by atoms with van der Waals surface area (Å²) in [5, 5.41) is 3.47. The van der Waals surface area contributed by atoms with Crippen molar-refractivity contribution < 1.29 is 9.53 Å². The standard InChI is InChI=1S/C21H25N3O2S/c1-5-16-8-6-7-15(3)20(16)22-21(27)24-23-19(25)12-10-17-13-14(2)9-11-18(17)26-4/h6-13H,5H2,1-4H3,(H,23,25)(H2,22,24,27)/b12-10+. The van der Waals surface area contributed by atoms with Gasteiger partial charge in [-0.05, 0) is 61.8 Å². The number of nitrogens with one attached hydrogen (secondary N) is 3. The summed E-state index contributed by atoms with van der Waals surface area (Å²) >= 11 is 5.27. The monoisotopic (exact) mass is 383 g/mol. The molecule has 142 valence electrons. The van der Waals surface area contributed by atoms with E-state index in [-0.39, 0.29) is 5.91 Å².